The molecule has 0 N–H and O–H groups in total. The smallest absolute Gasteiger partial charge is 0.158 e. The van der Waals surface area contributed by atoms with Crippen LogP contribution in [0.3, 0.4) is 0 Å². The summed E-state index contributed by atoms with van der Waals surface area (Å²) in [6.45, 7) is 19.0. The zero-order valence-electron chi connectivity index (χ0n) is 15.3. The molecule has 0 bridgehead atoms. The molecule has 1 aromatic rings. The van der Waals surface area contributed by atoms with Gasteiger partial charge in [0.1, 0.15) is 12.1 Å². The average molecular weight is 297 g/mol. The lowest BCUT2D eigenvalue weighted by atomic mass is 9.69. The summed E-state index contributed by atoms with van der Waals surface area (Å²) in [5.41, 5.74) is 3.06. The van der Waals surface area contributed by atoms with E-state index in [-0.39, 0.29) is 21.9 Å². The van der Waals surface area contributed by atoms with Crippen molar-refractivity contribution in [3.05, 3.63) is 28.1 Å². The highest BCUT2D eigenvalue weighted by atomic mass is 14.8. The third kappa shape index (κ3) is 3.30. The molecule has 1 heterocycles. The summed E-state index contributed by atoms with van der Waals surface area (Å²) in [6, 6.07) is 4.34. The van der Waals surface area contributed by atoms with Crippen molar-refractivity contribution in [3.8, 4) is 12.1 Å². The van der Waals surface area contributed by atoms with Gasteiger partial charge < -0.3 is 0 Å². The second-order valence-electron chi connectivity index (χ2n) is 8.91. The molecule has 3 heteroatoms. The van der Waals surface area contributed by atoms with E-state index >= 15 is 0 Å². The molecule has 0 saturated heterocycles. The molecular weight excluding hydrogens is 270 g/mol. The first-order chi connectivity index (χ1) is 9.75. The lowest BCUT2D eigenvalue weighted by Crippen LogP contribution is -2.31. The van der Waals surface area contributed by atoms with E-state index in [4.69, 9.17) is 0 Å². The van der Waals surface area contributed by atoms with E-state index in [1.165, 1.54) is 0 Å². The molecule has 0 saturated carbocycles. The number of pyridine rings is 1. The number of aromatic nitrogens is 1. The van der Waals surface area contributed by atoms with Crippen molar-refractivity contribution in [2.75, 3.05) is 0 Å². The van der Waals surface area contributed by atoms with Crippen molar-refractivity contribution < 1.29 is 0 Å². The Morgan fingerprint density at radius 3 is 1.41 bits per heavy atom. The van der Waals surface area contributed by atoms with Gasteiger partial charge in [-0.05, 0) is 22.0 Å². The van der Waals surface area contributed by atoms with Crippen molar-refractivity contribution in [2.24, 2.45) is 0 Å². The molecule has 0 atom stereocenters. The number of hydrogen-bond acceptors (Lipinski definition) is 3. The van der Waals surface area contributed by atoms with Crippen LogP contribution in [0, 0.1) is 22.7 Å². The molecule has 0 aliphatic heterocycles. The number of nitriles is 2. The quantitative estimate of drug-likeness (QED) is 0.696. The van der Waals surface area contributed by atoms with Gasteiger partial charge in [0, 0.05) is 5.41 Å². The van der Waals surface area contributed by atoms with Crippen LogP contribution in [0.15, 0.2) is 0 Å². The second kappa shape index (κ2) is 5.40. The summed E-state index contributed by atoms with van der Waals surface area (Å²) >= 11 is 0. The van der Waals surface area contributed by atoms with Gasteiger partial charge in [0.2, 0.25) is 0 Å². The fourth-order valence-electron chi connectivity index (χ4n) is 2.80. The van der Waals surface area contributed by atoms with Crippen LogP contribution in [0.5, 0.6) is 0 Å². The van der Waals surface area contributed by atoms with Crippen molar-refractivity contribution in [3.63, 3.8) is 0 Å². The van der Waals surface area contributed by atoms with E-state index in [1.807, 2.05) is 0 Å². The Labute approximate surface area is 135 Å². The highest BCUT2D eigenvalue weighted by molar-refractivity contribution is 5.57. The first-order valence-corrected chi connectivity index (χ1v) is 7.64. The zero-order valence-corrected chi connectivity index (χ0v) is 15.3. The van der Waals surface area contributed by atoms with Gasteiger partial charge in [0.05, 0.1) is 11.3 Å². The maximum Gasteiger partial charge on any atom is 0.158 e. The number of rotatable bonds is 0. The van der Waals surface area contributed by atoms with Gasteiger partial charge in [-0.3, -0.25) is 0 Å². The van der Waals surface area contributed by atoms with Gasteiger partial charge in [-0.25, -0.2) is 4.98 Å². The highest BCUT2D eigenvalue weighted by Crippen LogP contribution is 2.41. The number of hydrogen-bond donors (Lipinski definition) is 0. The summed E-state index contributed by atoms with van der Waals surface area (Å²) in [6.07, 6.45) is 0. The molecule has 0 radical (unpaired) electrons. The Hall–Kier alpha value is -1.87. The van der Waals surface area contributed by atoms with E-state index < -0.39 is 0 Å². The Balaban J connectivity index is 4.18. The molecule has 0 spiro atoms. The van der Waals surface area contributed by atoms with Crippen LogP contribution in [0.25, 0.3) is 0 Å². The molecule has 0 aliphatic rings. The predicted molar refractivity (Wildman–Crippen MR) is 89.8 cm³/mol. The van der Waals surface area contributed by atoms with Crippen LogP contribution in [-0.2, 0) is 16.2 Å². The van der Waals surface area contributed by atoms with E-state index in [9.17, 15) is 10.5 Å². The van der Waals surface area contributed by atoms with Gasteiger partial charge >= 0.3 is 0 Å². The van der Waals surface area contributed by atoms with E-state index in [1.54, 1.807) is 0 Å². The van der Waals surface area contributed by atoms with Crippen molar-refractivity contribution in [1.82, 2.24) is 4.98 Å². The van der Waals surface area contributed by atoms with Gasteiger partial charge in [-0.15, -0.1) is 0 Å². The van der Waals surface area contributed by atoms with Crippen molar-refractivity contribution in [1.29, 1.82) is 10.5 Å². The van der Waals surface area contributed by atoms with Gasteiger partial charge in [0.15, 0.2) is 5.69 Å². The third-order valence-electron chi connectivity index (χ3n) is 3.63. The summed E-state index contributed by atoms with van der Waals surface area (Å²) in [4.78, 5) is 4.59. The van der Waals surface area contributed by atoms with E-state index in [2.05, 4.69) is 79.4 Å². The molecule has 0 aliphatic carbocycles. The van der Waals surface area contributed by atoms with Crippen LogP contribution in [0.4, 0.5) is 0 Å². The molecule has 3 nitrogen and oxygen atoms in total. The largest absolute Gasteiger partial charge is 0.240 e. The molecule has 22 heavy (non-hydrogen) atoms. The van der Waals surface area contributed by atoms with Crippen LogP contribution in [-0.4, -0.2) is 4.98 Å². The maximum absolute atomic E-state index is 9.64. The lowest BCUT2D eigenvalue weighted by molar-refractivity contribution is 0.484. The third-order valence-corrected chi connectivity index (χ3v) is 3.63. The normalized spacial score (nSPS) is 12.7. The van der Waals surface area contributed by atoms with Crippen molar-refractivity contribution >= 4 is 0 Å². The molecule has 1 aromatic heterocycles. The number of nitrogens with zero attached hydrogens (tertiary/aromatic N) is 3. The summed E-state index contributed by atoms with van der Waals surface area (Å²) in [5.74, 6) is 0. The predicted octanol–water partition coefficient (Wildman–Crippen LogP) is 4.72. The topological polar surface area (TPSA) is 60.5 Å². The first kappa shape index (κ1) is 18.2. The lowest BCUT2D eigenvalue weighted by Gasteiger charge is -2.36. The first-order valence-electron chi connectivity index (χ1n) is 7.64. The Kier molecular flexibility index (Phi) is 4.46. The molecule has 0 aromatic carbocycles. The summed E-state index contributed by atoms with van der Waals surface area (Å²) < 4.78 is 0. The van der Waals surface area contributed by atoms with E-state index in [0.717, 1.165) is 16.8 Å². The SMILES string of the molecule is CC(C)(C)c1nc(C#N)c(C#N)c(C(C)(C)C)c1C(C)(C)C. The van der Waals surface area contributed by atoms with Crippen LogP contribution in [0.2, 0.25) is 0 Å². The monoisotopic (exact) mass is 297 g/mol. The van der Waals surface area contributed by atoms with Crippen LogP contribution < -0.4 is 0 Å². The van der Waals surface area contributed by atoms with Crippen molar-refractivity contribution in [2.45, 2.75) is 78.6 Å². The van der Waals surface area contributed by atoms with E-state index in [0.29, 0.717) is 5.56 Å². The minimum atomic E-state index is -0.234. The average Bonchev–Trinajstić information content (AvgIpc) is 2.32. The fraction of sp³-hybridized carbons (Fsp3) is 0.632. The second-order valence-corrected chi connectivity index (χ2v) is 8.91. The molecular formula is C19H27N3. The molecule has 0 amide bonds. The highest BCUT2D eigenvalue weighted by Gasteiger charge is 2.36. The molecule has 1 rings (SSSR count). The molecule has 118 valence electrons. The Morgan fingerprint density at radius 1 is 0.682 bits per heavy atom. The fourth-order valence-corrected chi connectivity index (χ4v) is 2.80. The Bertz CT molecular complexity index is 664. The summed E-state index contributed by atoms with van der Waals surface area (Å²) in [7, 11) is 0. The van der Waals surface area contributed by atoms with Gasteiger partial charge in [-0.1, -0.05) is 62.3 Å². The zero-order chi connectivity index (χ0) is 17.5. The van der Waals surface area contributed by atoms with Gasteiger partial charge in [-0.2, -0.15) is 10.5 Å². The molecule has 0 unspecified atom stereocenters. The maximum atomic E-state index is 9.64. The minimum Gasteiger partial charge on any atom is -0.240 e. The van der Waals surface area contributed by atoms with Gasteiger partial charge in [0.25, 0.3) is 0 Å². The van der Waals surface area contributed by atoms with Crippen LogP contribution >= 0.6 is 0 Å². The van der Waals surface area contributed by atoms with Crippen LogP contribution in [0.1, 0.15) is 90.4 Å². The Morgan fingerprint density at radius 2 is 1.14 bits per heavy atom. The standard InChI is InChI=1S/C19H27N3/c1-17(2,3)14-12(10-20)13(11-21)22-16(19(7,8)9)15(14)18(4,5)6/h1-9H3. The molecule has 0 fully saturated rings. The minimum absolute atomic E-state index is 0.155. The summed E-state index contributed by atoms with van der Waals surface area (Å²) in [5, 5.41) is 19.1.